The van der Waals surface area contributed by atoms with Crippen LogP contribution in [0.2, 0.25) is 0 Å². The summed E-state index contributed by atoms with van der Waals surface area (Å²) in [5.41, 5.74) is 4.08. The molecule has 0 bridgehead atoms. The minimum Gasteiger partial charge on any atom is -0.482 e. The molecular weight excluding hydrogens is 316 g/mol. The molecule has 0 heterocycles. The molecule has 0 unspecified atom stereocenters. The summed E-state index contributed by atoms with van der Waals surface area (Å²) < 4.78 is 10.7. The molecule has 1 atom stereocenters. The van der Waals surface area contributed by atoms with E-state index >= 15 is 0 Å². The minimum atomic E-state index is -0.826. The lowest BCUT2D eigenvalue weighted by molar-refractivity contribution is -0.148. The highest BCUT2D eigenvalue weighted by Crippen LogP contribution is 2.23. The Morgan fingerprint density at radius 3 is 2.64 bits per heavy atom. The Bertz CT molecular complexity index is 794. The van der Waals surface area contributed by atoms with Gasteiger partial charge < -0.3 is 9.47 Å². The first-order valence-corrected chi connectivity index (χ1v) is 8.58. The van der Waals surface area contributed by atoms with Gasteiger partial charge in [-0.15, -0.1) is 0 Å². The second-order valence-electron chi connectivity index (χ2n) is 6.39. The maximum Gasteiger partial charge on any atom is 0.344 e. The number of ketones is 1. The summed E-state index contributed by atoms with van der Waals surface area (Å²) in [5.74, 6) is -0.0961. The molecule has 4 heteroatoms. The molecule has 0 N–H and O–H groups in total. The Labute approximate surface area is 147 Å². The van der Waals surface area contributed by atoms with Gasteiger partial charge in [0.1, 0.15) is 5.75 Å². The van der Waals surface area contributed by atoms with E-state index in [9.17, 15) is 9.59 Å². The van der Waals surface area contributed by atoms with Crippen molar-refractivity contribution in [2.45, 2.75) is 39.2 Å². The van der Waals surface area contributed by atoms with Crippen molar-refractivity contribution in [2.75, 3.05) is 6.61 Å². The van der Waals surface area contributed by atoms with Crippen LogP contribution < -0.4 is 4.74 Å². The highest BCUT2D eigenvalue weighted by molar-refractivity contribution is 6.00. The molecule has 0 saturated carbocycles. The number of benzene rings is 2. The molecule has 25 heavy (non-hydrogen) atoms. The van der Waals surface area contributed by atoms with Gasteiger partial charge in [0.15, 0.2) is 12.7 Å². The third-order valence-corrected chi connectivity index (χ3v) is 4.50. The zero-order valence-corrected chi connectivity index (χ0v) is 14.6. The maximum atomic E-state index is 12.5. The first-order valence-electron chi connectivity index (χ1n) is 8.58. The standard InChI is InChI=1S/C21H22O4/c1-14-6-3-4-9-19(14)24-13-20(22)25-15(2)21(23)18-11-10-16-7-5-8-17(16)12-18/h3-4,6,9-12,15H,5,7-8,13H2,1-2H3/t15-/m0/s1. The average molecular weight is 338 g/mol. The Morgan fingerprint density at radius 2 is 1.84 bits per heavy atom. The van der Waals surface area contributed by atoms with Crippen LogP contribution in [0.1, 0.15) is 40.4 Å². The van der Waals surface area contributed by atoms with E-state index in [0.29, 0.717) is 11.3 Å². The van der Waals surface area contributed by atoms with E-state index in [2.05, 4.69) is 0 Å². The molecular formula is C21H22O4. The number of hydrogen-bond donors (Lipinski definition) is 0. The predicted molar refractivity (Wildman–Crippen MR) is 95.0 cm³/mol. The molecule has 130 valence electrons. The number of hydrogen-bond acceptors (Lipinski definition) is 4. The number of carbonyl (C=O) groups is 2. The molecule has 0 aromatic heterocycles. The molecule has 1 aliphatic rings. The topological polar surface area (TPSA) is 52.6 Å². The van der Waals surface area contributed by atoms with E-state index in [1.54, 1.807) is 13.0 Å². The van der Waals surface area contributed by atoms with Crippen LogP contribution in [0.4, 0.5) is 0 Å². The van der Waals surface area contributed by atoms with Gasteiger partial charge in [0.25, 0.3) is 0 Å². The van der Waals surface area contributed by atoms with Crippen molar-refractivity contribution >= 4 is 11.8 Å². The second kappa shape index (κ2) is 7.51. The first-order chi connectivity index (χ1) is 12.0. The average Bonchev–Trinajstić information content (AvgIpc) is 3.08. The maximum absolute atomic E-state index is 12.5. The highest BCUT2D eigenvalue weighted by Gasteiger charge is 2.21. The smallest absolute Gasteiger partial charge is 0.344 e. The number of fused-ring (bicyclic) bond motifs is 1. The Morgan fingerprint density at radius 1 is 1.08 bits per heavy atom. The number of para-hydroxylation sites is 1. The van der Waals surface area contributed by atoms with Crippen molar-refractivity contribution in [1.29, 1.82) is 0 Å². The predicted octanol–water partition coefficient (Wildman–Crippen LogP) is 3.68. The van der Waals surface area contributed by atoms with Crippen molar-refractivity contribution in [1.82, 2.24) is 0 Å². The summed E-state index contributed by atoms with van der Waals surface area (Å²) in [6.07, 6.45) is 2.39. The quantitative estimate of drug-likeness (QED) is 0.595. The number of ether oxygens (including phenoxy) is 2. The Hall–Kier alpha value is -2.62. The molecule has 0 spiro atoms. The number of rotatable bonds is 6. The number of carbonyl (C=O) groups excluding carboxylic acids is 2. The van der Waals surface area contributed by atoms with Crippen LogP contribution in [0.5, 0.6) is 5.75 Å². The van der Waals surface area contributed by atoms with Gasteiger partial charge in [-0.2, -0.15) is 0 Å². The van der Waals surface area contributed by atoms with Crippen molar-refractivity contribution in [2.24, 2.45) is 0 Å². The van der Waals surface area contributed by atoms with Crippen molar-refractivity contribution < 1.29 is 19.1 Å². The van der Waals surface area contributed by atoms with E-state index in [0.717, 1.165) is 24.8 Å². The van der Waals surface area contributed by atoms with Gasteiger partial charge >= 0.3 is 5.97 Å². The van der Waals surface area contributed by atoms with Gasteiger partial charge in [-0.05, 0) is 61.9 Å². The SMILES string of the molecule is Cc1ccccc1OCC(=O)O[C@@H](C)C(=O)c1ccc2c(c1)CCC2. The third-order valence-electron chi connectivity index (χ3n) is 4.50. The molecule has 0 radical (unpaired) electrons. The third kappa shape index (κ3) is 4.08. The molecule has 2 aromatic rings. The lowest BCUT2D eigenvalue weighted by atomic mass is 10.0. The molecule has 3 rings (SSSR count). The van der Waals surface area contributed by atoms with Gasteiger partial charge in [-0.25, -0.2) is 4.79 Å². The monoisotopic (exact) mass is 338 g/mol. The molecule has 0 amide bonds. The minimum absolute atomic E-state index is 0.182. The van der Waals surface area contributed by atoms with Gasteiger partial charge in [0, 0.05) is 5.56 Å². The fraction of sp³-hybridized carbons (Fsp3) is 0.333. The summed E-state index contributed by atoms with van der Waals surface area (Å²) in [6, 6.07) is 13.2. The summed E-state index contributed by atoms with van der Waals surface area (Å²) in [6.45, 7) is 3.29. The van der Waals surface area contributed by atoms with Crippen molar-refractivity contribution in [3.8, 4) is 5.75 Å². The lowest BCUT2D eigenvalue weighted by Crippen LogP contribution is -2.27. The van der Waals surface area contributed by atoms with E-state index < -0.39 is 12.1 Å². The van der Waals surface area contributed by atoms with Crippen LogP contribution in [-0.4, -0.2) is 24.5 Å². The Kier molecular flexibility index (Phi) is 5.17. The molecule has 0 fully saturated rings. The van der Waals surface area contributed by atoms with Crippen LogP contribution in [0.25, 0.3) is 0 Å². The van der Waals surface area contributed by atoms with Gasteiger partial charge in [0.05, 0.1) is 0 Å². The van der Waals surface area contributed by atoms with Crippen LogP contribution in [0.3, 0.4) is 0 Å². The largest absolute Gasteiger partial charge is 0.482 e. The van der Waals surface area contributed by atoms with Gasteiger partial charge in [0.2, 0.25) is 5.78 Å². The lowest BCUT2D eigenvalue weighted by Gasteiger charge is -2.14. The highest BCUT2D eigenvalue weighted by atomic mass is 16.6. The summed E-state index contributed by atoms with van der Waals surface area (Å²) >= 11 is 0. The molecule has 1 aliphatic carbocycles. The van der Waals surface area contributed by atoms with E-state index in [1.807, 2.05) is 43.3 Å². The van der Waals surface area contributed by atoms with Crippen LogP contribution in [-0.2, 0) is 22.4 Å². The number of Topliss-reactive ketones (excluding diaryl/α,β-unsaturated/α-hetero) is 1. The number of aryl methyl sites for hydroxylation is 3. The van der Waals surface area contributed by atoms with Crippen LogP contribution in [0.15, 0.2) is 42.5 Å². The van der Waals surface area contributed by atoms with Gasteiger partial charge in [-0.3, -0.25) is 4.79 Å². The second-order valence-corrected chi connectivity index (χ2v) is 6.39. The number of esters is 1. The normalized spacial score (nSPS) is 13.8. The van der Waals surface area contributed by atoms with Crippen LogP contribution >= 0.6 is 0 Å². The molecule has 0 aliphatic heterocycles. The molecule has 4 nitrogen and oxygen atoms in total. The summed E-state index contributed by atoms with van der Waals surface area (Å²) in [4.78, 5) is 24.5. The van der Waals surface area contributed by atoms with E-state index in [-0.39, 0.29) is 12.4 Å². The summed E-state index contributed by atoms with van der Waals surface area (Å²) in [5, 5.41) is 0. The summed E-state index contributed by atoms with van der Waals surface area (Å²) in [7, 11) is 0. The van der Waals surface area contributed by atoms with Crippen molar-refractivity contribution in [3.63, 3.8) is 0 Å². The molecule has 2 aromatic carbocycles. The van der Waals surface area contributed by atoms with Crippen molar-refractivity contribution in [3.05, 3.63) is 64.7 Å². The van der Waals surface area contributed by atoms with Gasteiger partial charge in [-0.1, -0.05) is 30.3 Å². The first kappa shape index (κ1) is 17.2. The fourth-order valence-electron chi connectivity index (χ4n) is 3.10. The van der Waals surface area contributed by atoms with E-state index in [4.69, 9.17) is 9.47 Å². The van der Waals surface area contributed by atoms with Crippen LogP contribution in [0, 0.1) is 6.92 Å². The fourth-order valence-corrected chi connectivity index (χ4v) is 3.10. The Balaban J connectivity index is 1.56. The molecule has 0 saturated heterocycles. The zero-order valence-electron chi connectivity index (χ0n) is 14.6. The van der Waals surface area contributed by atoms with E-state index in [1.165, 1.54) is 11.1 Å². The zero-order chi connectivity index (χ0) is 17.8.